The van der Waals surface area contributed by atoms with Gasteiger partial charge in [-0.15, -0.1) is 11.3 Å². The third-order valence-electron chi connectivity index (χ3n) is 6.22. The lowest BCUT2D eigenvalue weighted by Gasteiger charge is -2.26. The minimum atomic E-state index is -0.428. The monoisotopic (exact) mass is 494 g/mol. The van der Waals surface area contributed by atoms with Crippen molar-refractivity contribution in [3.8, 4) is 5.75 Å². The third kappa shape index (κ3) is 5.18. The zero-order chi connectivity index (χ0) is 25.3. The van der Waals surface area contributed by atoms with Crippen molar-refractivity contribution in [1.29, 1.82) is 5.41 Å². The maximum absolute atomic E-state index is 12.5. The Morgan fingerprint density at radius 1 is 1.23 bits per heavy atom. The van der Waals surface area contributed by atoms with Crippen LogP contribution >= 0.6 is 11.3 Å². The molecule has 3 heterocycles. The average molecular weight is 495 g/mol. The highest BCUT2D eigenvalue weighted by atomic mass is 32.1. The van der Waals surface area contributed by atoms with Crippen molar-refractivity contribution >= 4 is 50.5 Å². The summed E-state index contributed by atoms with van der Waals surface area (Å²) in [5, 5.41) is 12.3. The van der Waals surface area contributed by atoms with Crippen LogP contribution in [0.1, 0.15) is 28.0 Å². The molecule has 35 heavy (non-hydrogen) atoms. The number of rotatable bonds is 8. The SMILES string of the molecule is COc1cc(C)c(C)cc1Nc1ncnc2sc3c(c12)CCN(CC(=O)CC(=N)C(=O)N(C)C)C3. The summed E-state index contributed by atoms with van der Waals surface area (Å²) in [6, 6.07) is 4.08. The first kappa shape index (κ1) is 24.7. The van der Waals surface area contributed by atoms with Gasteiger partial charge in [0.15, 0.2) is 5.78 Å². The summed E-state index contributed by atoms with van der Waals surface area (Å²) in [6.07, 6.45) is 2.18. The summed E-state index contributed by atoms with van der Waals surface area (Å²) in [7, 11) is 4.82. The summed E-state index contributed by atoms with van der Waals surface area (Å²) in [5.74, 6) is 0.947. The maximum atomic E-state index is 12.5. The number of hydrogen-bond donors (Lipinski definition) is 2. The molecule has 0 unspecified atom stereocenters. The number of nitrogens with zero attached hydrogens (tertiary/aromatic N) is 4. The molecular weight excluding hydrogens is 464 g/mol. The summed E-state index contributed by atoms with van der Waals surface area (Å²) in [6.45, 7) is 5.67. The van der Waals surface area contributed by atoms with Crippen molar-refractivity contribution < 1.29 is 14.3 Å². The molecular formula is C25H30N6O3S. The molecule has 2 N–H and O–H groups in total. The Labute approximate surface area is 208 Å². The molecule has 0 saturated carbocycles. The van der Waals surface area contributed by atoms with Crippen LogP contribution < -0.4 is 10.1 Å². The third-order valence-corrected chi connectivity index (χ3v) is 7.35. The van der Waals surface area contributed by atoms with Crippen molar-refractivity contribution in [2.75, 3.05) is 39.6 Å². The number of fused-ring (bicyclic) bond motifs is 3. The first-order chi connectivity index (χ1) is 16.7. The zero-order valence-corrected chi connectivity index (χ0v) is 21.5. The van der Waals surface area contributed by atoms with E-state index >= 15 is 0 Å². The van der Waals surface area contributed by atoms with Gasteiger partial charge in [-0.1, -0.05) is 0 Å². The van der Waals surface area contributed by atoms with Gasteiger partial charge in [0.25, 0.3) is 5.91 Å². The second kappa shape index (κ2) is 10.1. The van der Waals surface area contributed by atoms with Crippen LogP contribution in [0.2, 0.25) is 0 Å². The van der Waals surface area contributed by atoms with Crippen molar-refractivity contribution in [1.82, 2.24) is 19.8 Å². The number of hydrogen-bond acceptors (Lipinski definition) is 9. The fourth-order valence-corrected chi connectivity index (χ4v) is 5.47. The number of nitrogens with one attached hydrogen (secondary N) is 2. The van der Waals surface area contributed by atoms with Gasteiger partial charge in [0.2, 0.25) is 0 Å². The molecule has 0 saturated heterocycles. The van der Waals surface area contributed by atoms with E-state index < -0.39 is 5.91 Å². The van der Waals surface area contributed by atoms with Gasteiger partial charge in [0.05, 0.1) is 31.1 Å². The highest BCUT2D eigenvalue weighted by Crippen LogP contribution is 2.39. The highest BCUT2D eigenvalue weighted by molar-refractivity contribution is 7.19. The number of ketones is 1. The van der Waals surface area contributed by atoms with Gasteiger partial charge in [0.1, 0.15) is 28.4 Å². The summed E-state index contributed by atoms with van der Waals surface area (Å²) >= 11 is 1.62. The molecule has 0 bridgehead atoms. The van der Waals surface area contributed by atoms with Crippen LogP contribution in [0.3, 0.4) is 0 Å². The van der Waals surface area contributed by atoms with Gasteiger partial charge in [-0.25, -0.2) is 9.97 Å². The van der Waals surface area contributed by atoms with Crippen molar-refractivity contribution in [2.45, 2.75) is 33.2 Å². The molecule has 1 aliphatic heterocycles. The topological polar surface area (TPSA) is 112 Å². The van der Waals surface area contributed by atoms with Gasteiger partial charge < -0.3 is 15.0 Å². The maximum Gasteiger partial charge on any atom is 0.267 e. The largest absolute Gasteiger partial charge is 0.495 e. The van der Waals surface area contributed by atoms with E-state index in [-0.39, 0.29) is 24.5 Å². The van der Waals surface area contributed by atoms with E-state index in [0.29, 0.717) is 13.1 Å². The molecule has 1 aromatic carbocycles. The van der Waals surface area contributed by atoms with E-state index in [2.05, 4.69) is 40.1 Å². The molecule has 2 aromatic heterocycles. The summed E-state index contributed by atoms with van der Waals surface area (Å²) in [5.41, 5.74) is 4.20. The number of methoxy groups -OCH3 is 1. The van der Waals surface area contributed by atoms with Crippen molar-refractivity contribution in [3.05, 3.63) is 40.0 Å². The van der Waals surface area contributed by atoms with Crippen LogP contribution in [0.5, 0.6) is 5.75 Å². The number of amides is 1. The van der Waals surface area contributed by atoms with Gasteiger partial charge in [0, 0.05) is 32.1 Å². The van der Waals surface area contributed by atoms with Gasteiger partial charge in [-0.3, -0.25) is 19.9 Å². The molecule has 0 fully saturated rings. The van der Waals surface area contributed by atoms with Gasteiger partial charge in [-0.2, -0.15) is 0 Å². The number of carbonyl (C=O) groups is 2. The fraction of sp³-hybridized carbons (Fsp3) is 0.400. The highest BCUT2D eigenvalue weighted by Gasteiger charge is 2.26. The molecule has 0 aliphatic carbocycles. The predicted molar refractivity (Wildman–Crippen MR) is 138 cm³/mol. The number of thiophene rings is 1. The Kier molecular flexibility index (Phi) is 7.13. The first-order valence-electron chi connectivity index (χ1n) is 11.4. The minimum absolute atomic E-state index is 0.126. The number of anilines is 2. The molecule has 0 radical (unpaired) electrons. The van der Waals surface area contributed by atoms with Crippen LogP contribution in [-0.2, 0) is 22.6 Å². The average Bonchev–Trinajstić information content (AvgIpc) is 3.19. The number of Topliss-reactive ketones (excluding diaryl/α,β-unsaturated/α-hetero) is 1. The lowest BCUT2D eigenvalue weighted by atomic mass is 10.0. The summed E-state index contributed by atoms with van der Waals surface area (Å²) < 4.78 is 5.59. The van der Waals surface area contributed by atoms with E-state index in [9.17, 15) is 9.59 Å². The Morgan fingerprint density at radius 3 is 2.69 bits per heavy atom. The molecule has 9 nitrogen and oxygen atoms in total. The number of benzene rings is 1. The minimum Gasteiger partial charge on any atom is -0.495 e. The predicted octanol–water partition coefficient (Wildman–Crippen LogP) is 3.49. The smallest absolute Gasteiger partial charge is 0.267 e. The van der Waals surface area contributed by atoms with Crippen LogP contribution in [0.25, 0.3) is 10.2 Å². The van der Waals surface area contributed by atoms with Crippen molar-refractivity contribution in [2.24, 2.45) is 0 Å². The van der Waals surface area contributed by atoms with Crippen LogP contribution in [0.4, 0.5) is 11.5 Å². The Hall–Kier alpha value is -3.37. The number of ether oxygens (including phenoxy) is 1. The molecule has 0 spiro atoms. The lowest BCUT2D eigenvalue weighted by molar-refractivity contribution is -0.123. The van der Waals surface area contributed by atoms with E-state index in [1.165, 1.54) is 10.5 Å². The molecule has 1 aliphatic rings. The van der Waals surface area contributed by atoms with Gasteiger partial charge in [-0.05, 0) is 49.1 Å². The van der Waals surface area contributed by atoms with Crippen LogP contribution in [-0.4, -0.2) is 71.5 Å². The molecule has 4 rings (SSSR count). The lowest BCUT2D eigenvalue weighted by Crippen LogP contribution is -2.37. The fourth-order valence-electron chi connectivity index (χ4n) is 4.24. The molecule has 0 atom stereocenters. The summed E-state index contributed by atoms with van der Waals surface area (Å²) in [4.78, 5) is 38.9. The van der Waals surface area contributed by atoms with Crippen LogP contribution in [0.15, 0.2) is 18.5 Å². The van der Waals surface area contributed by atoms with E-state index in [1.54, 1.807) is 38.9 Å². The second-order valence-electron chi connectivity index (χ2n) is 9.02. The van der Waals surface area contributed by atoms with Crippen LogP contribution in [0, 0.1) is 19.3 Å². The molecule has 10 heteroatoms. The zero-order valence-electron chi connectivity index (χ0n) is 20.7. The van der Waals surface area contributed by atoms with E-state index in [1.807, 2.05) is 6.07 Å². The number of aryl methyl sites for hydroxylation is 2. The first-order valence-corrected chi connectivity index (χ1v) is 12.2. The van der Waals surface area contributed by atoms with Gasteiger partial charge >= 0.3 is 0 Å². The molecule has 184 valence electrons. The number of carbonyl (C=O) groups excluding carboxylic acids is 2. The standard InChI is InChI=1S/C25H30N6O3S/c1-14-8-19(20(34-5)9-15(14)2)29-23-22-17-6-7-31(12-21(17)35-24(22)28-13-27-23)11-16(32)10-18(26)25(33)30(3)4/h8-9,13,26H,6-7,10-12H2,1-5H3,(H,27,28,29). The Morgan fingerprint density at radius 2 is 1.97 bits per heavy atom. The number of aromatic nitrogens is 2. The normalized spacial score (nSPS) is 13.4. The van der Waals surface area contributed by atoms with Crippen molar-refractivity contribution in [3.63, 3.8) is 0 Å². The van der Waals surface area contributed by atoms with E-state index in [0.717, 1.165) is 49.9 Å². The molecule has 3 aromatic rings. The Balaban J connectivity index is 1.54. The molecule has 1 amide bonds. The quantitative estimate of drug-likeness (QED) is 0.461. The van der Waals surface area contributed by atoms with E-state index in [4.69, 9.17) is 10.1 Å². The Bertz CT molecular complexity index is 1320. The second-order valence-corrected chi connectivity index (χ2v) is 10.1.